The fraction of sp³-hybridized carbons (Fsp3) is 0.235. The molecule has 0 amide bonds. The summed E-state index contributed by atoms with van der Waals surface area (Å²) in [6, 6.07) is 16.3. The quantitative estimate of drug-likeness (QED) is 0.776. The summed E-state index contributed by atoms with van der Waals surface area (Å²) in [6.07, 6.45) is 0. The number of hydrogen-bond donors (Lipinski definition) is 0. The van der Waals surface area contributed by atoms with Gasteiger partial charge in [0, 0.05) is 12.1 Å². The lowest BCUT2D eigenvalue weighted by Gasteiger charge is -2.10. The molecule has 0 bridgehead atoms. The van der Waals surface area contributed by atoms with Crippen LogP contribution in [0.5, 0.6) is 0 Å². The lowest BCUT2D eigenvalue weighted by Crippen LogP contribution is -2.10. The summed E-state index contributed by atoms with van der Waals surface area (Å²) in [5.74, 6) is 0.103. The van der Waals surface area contributed by atoms with Gasteiger partial charge in [0.25, 0.3) is 0 Å². The van der Waals surface area contributed by atoms with Gasteiger partial charge in [-0.3, -0.25) is 4.79 Å². The second kappa shape index (κ2) is 5.81. The van der Waals surface area contributed by atoms with Crippen molar-refractivity contribution in [1.82, 2.24) is 4.90 Å². The molecule has 2 heteroatoms. The van der Waals surface area contributed by atoms with Crippen molar-refractivity contribution in [3.05, 3.63) is 59.7 Å². The summed E-state index contributed by atoms with van der Waals surface area (Å²) in [6.45, 7) is 2.53. The van der Waals surface area contributed by atoms with Crippen molar-refractivity contribution < 1.29 is 4.79 Å². The van der Waals surface area contributed by atoms with E-state index in [0.29, 0.717) is 0 Å². The molecular weight excluding hydrogens is 234 g/mol. The van der Waals surface area contributed by atoms with Crippen LogP contribution in [0.25, 0.3) is 11.1 Å². The van der Waals surface area contributed by atoms with Gasteiger partial charge in [0.05, 0.1) is 0 Å². The molecule has 0 saturated heterocycles. The van der Waals surface area contributed by atoms with Crippen LogP contribution in [0.15, 0.2) is 48.5 Å². The number of ketones is 1. The molecule has 0 aliphatic heterocycles. The average molecular weight is 253 g/mol. The topological polar surface area (TPSA) is 20.3 Å². The van der Waals surface area contributed by atoms with Crippen LogP contribution in [0.4, 0.5) is 0 Å². The fourth-order valence-electron chi connectivity index (χ4n) is 2.09. The van der Waals surface area contributed by atoms with Crippen molar-refractivity contribution in [2.75, 3.05) is 14.1 Å². The highest BCUT2D eigenvalue weighted by molar-refractivity contribution is 5.95. The Balaban J connectivity index is 2.27. The van der Waals surface area contributed by atoms with E-state index in [1.54, 1.807) is 6.92 Å². The van der Waals surface area contributed by atoms with Gasteiger partial charge in [0.1, 0.15) is 0 Å². The first-order valence-corrected chi connectivity index (χ1v) is 6.41. The molecule has 0 aliphatic rings. The minimum absolute atomic E-state index is 0.103. The monoisotopic (exact) mass is 253 g/mol. The first-order valence-electron chi connectivity index (χ1n) is 6.41. The summed E-state index contributed by atoms with van der Waals surface area (Å²) in [7, 11) is 4.12. The third-order valence-electron chi connectivity index (χ3n) is 3.06. The lowest BCUT2D eigenvalue weighted by atomic mass is 10.0. The molecule has 2 aromatic rings. The number of benzene rings is 2. The molecule has 2 aromatic carbocycles. The van der Waals surface area contributed by atoms with Gasteiger partial charge in [-0.25, -0.2) is 0 Å². The number of carbonyl (C=O) groups excluding carboxylic acids is 1. The molecule has 0 saturated carbocycles. The van der Waals surface area contributed by atoms with Gasteiger partial charge < -0.3 is 4.90 Å². The van der Waals surface area contributed by atoms with Crippen molar-refractivity contribution in [2.45, 2.75) is 13.5 Å². The van der Waals surface area contributed by atoms with Gasteiger partial charge in [-0.2, -0.15) is 0 Å². The summed E-state index contributed by atoms with van der Waals surface area (Å²) >= 11 is 0. The van der Waals surface area contributed by atoms with E-state index < -0.39 is 0 Å². The summed E-state index contributed by atoms with van der Waals surface area (Å²) in [4.78, 5) is 13.5. The maximum Gasteiger partial charge on any atom is 0.159 e. The van der Waals surface area contributed by atoms with E-state index in [9.17, 15) is 4.79 Å². The van der Waals surface area contributed by atoms with Crippen LogP contribution in [0.1, 0.15) is 22.8 Å². The fourth-order valence-corrected chi connectivity index (χ4v) is 2.09. The standard InChI is InChI=1S/C17H19NO/c1-13(19)16-5-4-6-17(11-16)15-9-7-14(8-10-15)12-18(2)3/h4-11H,12H2,1-3H3. The van der Waals surface area contributed by atoms with Crippen molar-refractivity contribution in [3.63, 3.8) is 0 Å². The first-order chi connectivity index (χ1) is 9.06. The number of rotatable bonds is 4. The van der Waals surface area contributed by atoms with Crippen molar-refractivity contribution in [1.29, 1.82) is 0 Å². The molecule has 0 unspecified atom stereocenters. The van der Waals surface area contributed by atoms with Crippen LogP contribution in [-0.2, 0) is 6.54 Å². The van der Waals surface area contributed by atoms with E-state index in [1.807, 2.05) is 24.3 Å². The molecule has 0 spiro atoms. The predicted molar refractivity (Wildman–Crippen MR) is 79.3 cm³/mol. The minimum Gasteiger partial charge on any atom is -0.305 e. The smallest absolute Gasteiger partial charge is 0.159 e. The van der Waals surface area contributed by atoms with Gasteiger partial charge in [0.15, 0.2) is 5.78 Å². The van der Waals surface area contributed by atoms with Crippen molar-refractivity contribution in [3.8, 4) is 11.1 Å². The number of nitrogens with zero attached hydrogens (tertiary/aromatic N) is 1. The predicted octanol–water partition coefficient (Wildman–Crippen LogP) is 3.62. The van der Waals surface area contributed by atoms with Gasteiger partial charge in [-0.05, 0) is 43.8 Å². The zero-order chi connectivity index (χ0) is 13.8. The molecular formula is C17H19NO. The maximum atomic E-state index is 11.4. The Morgan fingerprint density at radius 2 is 1.68 bits per heavy atom. The Morgan fingerprint density at radius 3 is 2.26 bits per heavy atom. The van der Waals surface area contributed by atoms with Crippen molar-refractivity contribution in [2.24, 2.45) is 0 Å². The van der Waals surface area contributed by atoms with Gasteiger partial charge in [-0.1, -0.05) is 42.5 Å². The second-order valence-corrected chi connectivity index (χ2v) is 5.07. The minimum atomic E-state index is 0.103. The molecule has 0 fully saturated rings. The van der Waals surface area contributed by atoms with E-state index in [0.717, 1.165) is 23.2 Å². The summed E-state index contributed by atoms with van der Waals surface area (Å²) in [5.41, 5.74) is 4.28. The van der Waals surface area contributed by atoms with Crippen LogP contribution in [0.3, 0.4) is 0 Å². The Kier molecular flexibility index (Phi) is 4.13. The normalized spacial score (nSPS) is 10.7. The highest BCUT2D eigenvalue weighted by Gasteiger charge is 2.03. The molecule has 0 N–H and O–H groups in total. The van der Waals surface area contributed by atoms with Crippen LogP contribution in [0, 0.1) is 0 Å². The molecule has 0 atom stereocenters. The molecule has 19 heavy (non-hydrogen) atoms. The SMILES string of the molecule is CC(=O)c1cccc(-c2ccc(CN(C)C)cc2)c1. The Labute approximate surface area is 114 Å². The number of hydrogen-bond acceptors (Lipinski definition) is 2. The van der Waals surface area contributed by atoms with E-state index in [1.165, 1.54) is 5.56 Å². The van der Waals surface area contributed by atoms with Gasteiger partial charge >= 0.3 is 0 Å². The first kappa shape index (κ1) is 13.5. The molecule has 0 aromatic heterocycles. The largest absolute Gasteiger partial charge is 0.305 e. The zero-order valence-corrected chi connectivity index (χ0v) is 11.7. The van der Waals surface area contributed by atoms with Gasteiger partial charge in [0.2, 0.25) is 0 Å². The van der Waals surface area contributed by atoms with Crippen molar-refractivity contribution >= 4 is 5.78 Å². The lowest BCUT2D eigenvalue weighted by molar-refractivity contribution is 0.101. The highest BCUT2D eigenvalue weighted by Crippen LogP contribution is 2.21. The van der Waals surface area contributed by atoms with Crippen LogP contribution < -0.4 is 0 Å². The molecule has 0 aliphatic carbocycles. The Morgan fingerprint density at radius 1 is 1.00 bits per heavy atom. The third kappa shape index (κ3) is 3.52. The van der Waals surface area contributed by atoms with E-state index >= 15 is 0 Å². The highest BCUT2D eigenvalue weighted by atomic mass is 16.1. The van der Waals surface area contributed by atoms with Crippen LogP contribution in [-0.4, -0.2) is 24.8 Å². The Hall–Kier alpha value is -1.93. The van der Waals surface area contributed by atoms with E-state index in [-0.39, 0.29) is 5.78 Å². The maximum absolute atomic E-state index is 11.4. The molecule has 0 radical (unpaired) electrons. The average Bonchev–Trinajstić information content (AvgIpc) is 2.39. The Bertz CT molecular complexity index is 570. The van der Waals surface area contributed by atoms with Crippen LogP contribution in [0.2, 0.25) is 0 Å². The zero-order valence-electron chi connectivity index (χ0n) is 11.7. The van der Waals surface area contributed by atoms with E-state index in [2.05, 4.69) is 43.3 Å². The van der Waals surface area contributed by atoms with Crippen LogP contribution >= 0.6 is 0 Å². The number of carbonyl (C=O) groups is 1. The summed E-state index contributed by atoms with van der Waals surface area (Å²) in [5, 5.41) is 0. The number of Topliss-reactive ketones (excluding diaryl/α,β-unsaturated/α-hetero) is 1. The molecule has 2 nitrogen and oxygen atoms in total. The summed E-state index contributed by atoms with van der Waals surface area (Å²) < 4.78 is 0. The van der Waals surface area contributed by atoms with Gasteiger partial charge in [-0.15, -0.1) is 0 Å². The molecule has 2 rings (SSSR count). The van der Waals surface area contributed by atoms with E-state index in [4.69, 9.17) is 0 Å². The molecule has 98 valence electrons. The molecule has 0 heterocycles. The third-order valence-corrected chi connectivity index (χ3v) is 3.06. The second-order valence-electron chi connectivity index (χ2n) is 5.07.